The van der Waals surface area contributed by atoms with Gasteiger partial charge in [0.2, 0.25) is 11.7 Å². The summed E-state index contributed by atoms with van der Waals surface area (Å²) >= 11 is 2.79. The van der Waals surface area contributed by atoms with Gasteiger partial charge in [-0.15, -0.1) is 11.8 Å². The van der Waals surface area contributed by atoms with Gasteiger partial charge >= 0.3 is 5.97 Å². The van der Waals surface area contributed by atoms with Crippen LogP contribution in [0.4, 0.5) is 0 Å². The second kappa shape index (κ2) is 5.13. The molecule has 0 saturated carbocycles. The lowest BCUT2D eigenvalue weighted by molar-refractivity contribution is -0.133. The number of carbonyl (C=O) groups is 1. The largest absolute Gasteiger partial charge is 0.481 e. The van der Waals surface area contributed by atoms with E-state index in [1.807, 2.05) is 16.8 Å². The molecule has 5 nitrogen and oxygen atoms in total. The summed E-state index contributed by atoms with van der Waals surface area (Å²) in [6.07, 6.45) is 0. The van der Waals surface area contributed by atoms with Crippen LogP contribution in [0.25, 0.3) is 11.4 Å². The van der Waals surface area contributed by atoms with Crippen LogP contribution >= 0.6 is 23.1 Å². The van der Waals surface area contributed by atoms with Gasteiger partial charge in [0.05, 0.1) is 11.5 Å². The first-order valence-corrected chi connectivity index (χ1v) is 6.50. The first kappa shape index (κ1) is 11.2. The second-order valence-corrected chi connectivity index (χ2v) is 4.68. The molecule has 0 fully saturated rings. The zero-order chi connectivity index (χ0) is 11.4. The molecule has 0 spiro atoms. The van der Waals surface area contributed by atoms with Gasteiger partial charge in [-0.25, -0.2) is 0 Å². The van der Waals surface area contributed by atoms with Gasteiger partial charge in [0, 0.05) is 10.9 Å². The van der Waals surface area contributed by atoms with Crippen molar-refractivity contribution in [3.05, 3.63) is 22.7 Å². The zero-order valence-electron chi connectivity index (χ0n) is 8.12. The fourth-order valence-electron chi connectivity index (χ4n) is 1.05. The van der Waals surface area contributed by atoms with Crippen LogP contribution in [0.15, 0.2) is 21.3 Å². The molecule has 0 radical (unpaired) electrons. The van der Waals surface area contributed by atoms with E-state index in [1.165, 1.54) is 11.8 Å². The predicted molar refractivity (Wildman–Crippen MR) is 61.4 cm³/mol. The van der Waals surface area contributed by atoms with Crippen molar-refractivity contribution in [1.29, 1.82) is 0 Å². The van der Waals surface area contributed by atoms with Crippen LogP contribution in [0.1, 0.15) is 5.89 Å². The number of hydrogen-bond acceptors (Lipinski definition) is 6. The molecule has 1 N–H and O–H groups in total. The normalized spacial score (nSPS) is 10.5. The monoisotopic (exact) mass is 256 g/mol. The fraction of sp³-hybridized carbons (Fsp3) is 0.222. The molecule has 2 aromatic heterocycles. The Morgan fingerprint density at radius 3 is 3.19 bits per heavy atom. The number of rotatable bonds is 5. The van der Waals surface area contributed by atoms with E-state index >= 15 is 0 Å². The van der Waals surface area contributed by atoms with Crippen LogP contribution in [0, 0.1) is 0 Å². The molecule has 0 aliphatic rings. The van der Waals surface area contributed by atoms with Crippen molar-refractivity contribution in [2.45, 2.75) is 5.75 Å². The maximum Gasteiger partial charge on any atom is 0.313 e. The number of thioether (sulfide) groups is 1. The van der Waals surface area contributed by atoms with Gasteiger partial charge in [0.15, 0.2) is 0 Å². The number of carboxylic acid groups (broad SMARTS) is 1. The van der Waals surface area contributed by atoms with Crippen molar-refractivity contribution >= 4 is 29.1 Å². The van der Waals surface area contributed by atoms with Crippen molar-refractivity contribution in [3.63, 3.8) is 0 Å². The Bertz CT molecular complexity index is 467. The molecular weight excluding hydrogens is 248 g/mol. The molecular formula is C9H8N2O3S2. The van der Waals surface area contributed by atoms with E-state index < -0.39 is 5.97 Å². The number of aliphatic carboxylic acids is 1. The predicted octanol–water partition coefficient (Wildman–Crippen LogP) is 2.12. The molecule has 0 atom stereocenters. The van der Waals surface area contributed by atoms with Crippen LogP contribution in [-0.2, 0) is 10.5 Å². The van der Waals surface area contributed by atoms with E-state index in [0.29, 0.717) is 17.5 Å². The Kier molecular flexibility index (Phi) is 3.58. The summed E-state index contributed by atoms with van der Waals surface area (Å²) in [5.74, 6) is 0.613. The molecule has 0 aromatic carbocycles. The van der Waals surface area contributed by atoms with Gasteiger partial charge in [-0.05, 0) is 11.4 Å². The van der Waals surface area contributed by atoms with E-state index in [1.54, 1.807) is 11.3 Å². The highest BCUT2D eigenvalue weighted by molar-refractivity contribution is 7.99. The zero-order valence-corrected chi connectivity index (χ0v) is 9.75. The van der Waals surface area contributed by atoms with Crippen molar-refractivity contribution in [3.8, 4) is 11.4 Å². The lowest BCUT2D eigenvalue weighted by atomic mass is 10.3. The van der Waals surface area contributed by atoms with Crippen LogP contribution in [0.5, 0.6) is 0 Å². The molecule has 0 aliphatic carbocycles. The van der Waals surface area contributed by atoms with Crippen LogP contribution in [-0.4, -0.2) is 27.0 Å². The van der Waals surface area contributed by atoms with Crippen LogP contribution in [0.2, 0.25) is 0 Å². The Hall–Kier alpha value is -1.34. The molecule has 2 aromatic rings. The molecule has 7 heteroatoms. The average Bonchev–Trinajstić information content (AvgIpc) is 2.85. The quantitative estimate of drug-likeness (QED) is 0.883. The van der Waals surface area contributed by atoms with Gasteiger partial charge < -0.3 is 9.63 Å². The van der Waals surface area contributed by atoms with E-state index in [2.05, 4.69) is 10.1 Å². The molecule has 0 saturated heterocycles. The summed E-state index contributed by atoms with van der Waals surface area (Å²) in [6, 6.07) is 1.91. The molecule has 16 heavy (non-hydrogen) atoms. The molecule has 2 rings (SSSR count). The molecule has 0 amide bonds. The Morgan fingerprint density at radius 1 is 1.62 bits per heavy atom. The highest BCUT2D eigenvalue weighted by Gasteiger charge is 2.09. The Balaban J connectivity index is 1.95. The fourth-order valence-corrected chi connectivity index (χ4v) is 2.25. The van der Waals surface area contributed by atoms with Gasteiger partial charge in [-0.3, -0.25) is 4.79 Å². The molecule has 2 heterocycles. The van der Waals surface area contributed by atoms with E-state index in [0.717, 1.165) is 5.56 Å². The van der Waals surface area contributed by atoms with Gasteiger partial charge in [0.1, 0.15) is 0 Å². The Labute approximate surface area is 99.5 Å². The minimum Gasteiger partial charge on any atom is -0.481 e. The Morgan fingerprint density at radius 2 is 2.50 bits per heavy atom. The van der Waals surface area contributed by atoms with E-state index in [4.69, 9.17) is 9.63 Å². The first-order valence-electron chi connectivity index (χ1n) is 4.40. The van der Waals surface area contributed by atoms with Crippen LogP contribution < -0.4 is 0 Å². The third kappa shape index (κ3) is 2.83. The third-order valence-electron chi connectivity index (χ3n) is 1.70. The number of hydrogen-bond donors (Lipinski definition) is 1. The maximum absolute atomic E-state index is 10.3. The lowest BCUT2D eigenvalue weighted by Gasteiger charge is -1.90. The standard InChI is InChI=1S/C9H8N2O3S2/c12-8(13)5-16-4-7-10-9(11-14-7)6-1-2-15-3-6/h1-3H,4-5H2,(H,12,13). The number of aromatic nitrogens is 2. The lowest BCUT2D eigenvalue weighted by Crippen LogP contribution is -1.98. The van der Waals surface area contributed by atoms with Crippen LogP contribution in [0.3, 0.4) is 0 Å². The summed E-state index contributed by atoms with van der Waals surface area (Å²) in [7, 11) is 0. The highest BCUT2D eigenvalue weighted by atomic mass is 32.2. The molecule has 0 aliphatic heterocycles. The minimum absolute atomic E-state index is 0.0379. The first-order chi connectivity index (χ1) is 7.75. The van der Waals surface area contributed by atoms with Gasteiger partial charge in [0.25, 0.3) is 0 Å². The van der Waals surface area contributed by atoms with Crippen molar-refractivity contribution in [2.24, 2.45) is 0 Å². The summed E-state index contributed by atoms with van der Waals surface area (Å²) in [5, 5.41) is 16.1. The van der Waals surface area contributed by atoms with Gasteiger partial charge in [-0.2, -0.15) is 16.3 Å². The third-order valence-corrected chi connectivity index (χ3v) is 3.28. The topological polar surface area (TPSA) is 76.2 Å². The van der Waals surface area contributed by atoms with Gasteiger partial charge in [-0.1, -0.05) is 5.16 Å². The highest BCUT2D eigenvalue weighted by Crippen LogP contribution is 2.20. The second-order valence-electron chi connectivity index (χ2n) is 2.91. The average molecular weight is 256 g/mol. The SMILES string of the molecule is O=C(O)CSCc1nc(-c2ccsc2)no1. The molecule has 84 valence electrons. The van der Waals surface area contributed by atoms with Crippen molar-refractivity contribution in [2.75, 3.05) is 5.75 Å². The van der Waals surface area contributed by atoms with Crippen molar-refractivity contribution in [1.82, 2.24) is 10.1 Å². The summed E-state index contributed by atoms with van der Waals surface area (Å²) < 4.78 is 5.00. The summed E-state index contributed by atoms with van der Waals surface area (Å²) in [5.41, 5.74) is 0.920. The number of thiophene rings is 1. The van der Waals surface area contributed by atoms with Crippen molar-refractivity contribution < 1.29 is 14.4 Å². The molecule has 0 bridgehead atoms. The maximum atomic E-state index is 10.3. The summed E-state index contributed by atoms with van der Waals surface area (Å²) in [4.78, 5) is 14.5. The smallest absolute Gasteiger partial charge is 0.313 e. The number of nitrogens with zero attached hydrogens (tertiary/aromatic N) is 2. The minimum atomic E-state index is -0.845. The summed E-state index contributed by atoms with van der Waals surface area (Å²) in [6.45, 7) is 0. The number of carboxylic acids is 1. The van der Waals surface area contributed by atoms with E-state index in [-0.39, 0.29) is 5.75 Å². The molecule has 0 unspecified atom stereocenters. The van der Waals surface area contributed by atoms with E-state index in [9.17, 15) is 4.79 Å².